The van der Waals surface area contributed by atoms with Crippen LogP contribution in [0.2, 0.25) is 0 Å². The van der Waals surface area contributed by atoms with Crippen molar-refractivity contribution in [3.63, 3.8) is 0 Å². The highest BCUT2D eigenvalue weighted by molar-refractivity contribution is 7.09. The molecule has 2 amide bonds. The number of nitrogen functional groups attached to an aromatic ring is 1. The lowest BCUT2D eigenvalue weighted by Crippen LogP contribution is -2.25. The first-order chi connectivity index (χ1) is 15.2. The van der Waals surface area contributed by atoms with Gasteiger partial charge in [-0.1, -0.05) is 24.3 Å². The third kappa shape index (κ3) is 5.55. The van der Waals surface area contributed by atoms with Crippen molar-refractivity contribution in [2.75, 3.05) is 12.8 Å². The number of halogens is 3. The summed E-state index contributed by atoms with van der Waals surface area (Å²) in [5.74, 6) is -0.549. The first-order valence-corrected chi connectivity index (χ1v) is 10.1. The molecule has 0 aliphatic rings. The van der Waals surface area contributed by atoms with E-state index in [-0.39, 0.29) is 34.9 Å². The van der Waals surface area contributed by atoms with Crippen molar-refractivity contribution in [3.05, 3.63) is 75.8 Å². The second-order valence-corrected chi connectivity index (χ2v) is 7.46. The summed E-state index contributed by atoms with van der Waals surface area (Å²) in [6.45, 7) is 0.0571. The number of anilines is 1. The summed E-state index contributed by atoms with van der Waals surface area (Å²) in [5.41, 5.74) is 5.99. The van der Waals surface area contributed by atoms with Gasteiger partial charge < -0.3 is 21.1 Å². The molecule has 0 saturated carbocycles. The van der Waals surface area contributed by atoms with Gasteiger partial charge in [-0.3, -0.25) is 9.59 Å². The Hall–Kier alpha value is -3.60. The molecule has 0 aliphatic carbocycles. The van der Waals surface area contributed by atoms with Gasteiger partial charge in [0.05, 0.1) is 18.4 Å². The third-order valence-electron chi connectivity index (χ3n) is 4.44. The molecule has 0 bridgehead atoms. The second-order valence-electron chi connectivity index (χ2n) is 6.69. The number of amides is 2. The minimum absolute atomic E-state index is 0.00325. The first-order valence-electron chi connectivity index (χ1n) is 9.29. The number of methoxy groups -OCH3 is 1. The maximum absolute atomic E-state index is 12.8. The molecule has 0 radical (unpaired) electrons. The molecule has 4 N–H and O–H groups in total. The van der Waals surface area contributed by atoms with E-state index in [0.717, 1.165) is 29.2 Å². The highest BCUT2D eigenvalue weighted by atomic mass is 32.1. The zero-order valence-electron chi connectivity index (χ0n) is 16.8. The van der Waals surface area contributed by atoms with Crippen LogP contribution in [-0.2, 0) is 19.3 Å². The van der Waals surface area contributed by atoms with Crippen LogP contribution in [0.15, 0.2) is 48.5 Å². The van der Waals surface area contributed by atoms with Crippen molar-refractivity contribution in [2.24, 2.45) is 0 Å². The van der Waals surface area contributed by atoms with Crippen LogP contribution in [0.25, 0.3) is 0 Å². The van der Waals surface area contributed by atoms with Crippen LogP contribution in [0.5, 0.6) is 5.75 Å². The molecule has 1 heterocycles. The minimum Gasteiger partial charge on any atom is -0.497 e. The van der Waals surface area contributed by atoms with E-state index in [1.165, 1.54) is 19.2 Å². The lowest BCUT2D eigenvalue weighted by atomic mass is 10.1. The molecular weight excluding hydrogens is 445 g/mol. The van der Waals surface area contributed by atoms with Gasteiger partial charge >= 0.3 is 6.18 Å². The highest BCUT2D eigenvalue weighted by Crippen LogP contribution is 2.29. The number of ether oxygens (including phenoxy) is 1. The minimum atomic E-state index is -4.48. The first kappa shape index (κ1) is 23.1. The number of hydrogen-bond acceptors (Lipinski definition) is 6. The maximum atomic E-state index is 12.8. The largest absolute Gasteiger partial charge is 0.497 e. The normalized spacial score (nSPS) is 11.1. The Labute approximate surface area is 185 Å². The average Bonchev–Trinajstić information content (AvgIpc) is 3.17. The van der Waals surface area contributed by atoms with Crippen molar-refractivity contribution in [2.45, 2.75) is 19.3 Å². The predicted octanol–water partition coefficient (Wildman–Crippen LogP) is 3.61. The van der Waals surface area contributed by atoms with Crippen LogP contribution >= 0.6 is 11.5 Å². The quantitative estimate of drug-likeness (QED) is 0.495. The van der Waals surface area contributed by atoms with Gasteiger partial charge in [0.2, 0.25) is 0 Å². The molecule has 7 nitrogen and oxygen atoms in total. The molecule has 0 fully saturated rings. The molecule has 0 atom stereocenters. The van der Waals surface area contributed by atoms with E-state index >= 15 is 0 Å². The highest BCUT2D eigenvalue weighted by Gasteiger charge is 2.30. The molecule has 3 rings (SSSR count). The standard InChI is InChI=1S/C21H19F3N4O3S/c1-31-15-7-3-5-13(9-15)11-26-19(29)17-16(25)18(32-28-17)20(30)27-10-12-4-2-6-14(8-12)21(22,23)24/h2-9H,10-11,25H2,1H3,(H,26,29)(H,27,30). The summed E-state index contributed by atoms with van der Waals surface area (Å²) in [6, 6.07) is 11.7. The lowest BCUT2D eigenvalue weighted by Gasteiger charge is -2.09. The van der Waals surface area contributed by atoms with Crippen LogP contribution in [-0.4, -0.2) is 23.3 Å². The van der Waals surface area contributed by atoms with Crippen LogP contribution in [0.4, 0.5) is 18.9 Å². The average molecular weight is 464 g/mol. The van der Waals surface area contributed by atoms with E-state index in [9.17, 15) is 22.8 Å². The van der Waals surface area contributed by atoms with Gasteiger partial charge in [0.25, 0.3) is 11.8 Å². The number of nitrogens with zero attached hydrogens (tertiary/aromatic N) is 1. The molecule has 1 aromatic heterocycles. The molecule has 2 aromatic carbocycles. The zero-order chi connectivity index (χ0) is 23.3. The summed E-state index contributed by atoms with van der Waals surface area (Å²) in [4.78, 5) is 24.8. The fourth-order valence-corrected chi connectivity index (χ4v) is 3.51. The Morgan fingerprint density at radius 2 is 1.66 bits per heavy atom. The monoisotopic (exact) mass is 464 g/mol. The third-order valence-corrected chi connectivity index (χ3v) is 5.31. The maximum Gasteiger partial charge on any atom is 0.416 e. The smallest absolute Gasteiger partial charge is 0.416 e. The molecule has 168 valence electrons. The fourth-order valence-electron chi connectivity index (χ4n) is 2.79. The predicted molar refractivity (Wildman–Crippen MR) is 113 cm³/mol. The zero-order valence-corrected chi connectivity index (χ0v) is 17.6. The molecule has 32 heavy (non-hydrogen) atoms. The summed E-state index contributed by atoms with van der Waals surface area (Å²) in [7, 11) is 1.53. The van der Waals surface area contributed by atoms with Crippen LogP contribution in [0, 0.1) is 0 Å². The van der Waals surface area contributed by atoms with Crippen molar-refractivity contribution in [1.82, 2.24) is 15.0 Å². The molecule has 0 aliphatic heterocycles. The Bertz CT molecular complexity index is 1130. The SMILES string of the molecule is COc1cccc(CNC(=O)c2nsc(C(=O)NCc3cccc(C(F)(F)F)c3)c2N)c1. The van der Waals surface area contributed by atoms with Crippen molar-refractivity contribution >= 4 is 29.0 Å². The Morgan fingerprint density at radius 3 is 2.31 bits per heavy atom. The number of carbonyl (C=O) groups is 2. The van der Waals surface area contributed by atoms with Gasteiger partial charge in [0.1, 0.15) is 10.6 Å². The fraction of sp³-hybridized carbons (Fsp3) is 0.190. The van der Waals surface area contributed by atoms with Gasteiger partial charge in [0.15, 0.2) is 5.69 Å². The Morgan fingerprint density at radius 1 is 1.03 bits per heavy atom. The summed E-state index contributed by atoms with van der Waals surface area (Å²) in [5, 5.41) is 5.17. The van der Waals surface area contributed by atoms with Gasteiger partial charge in [-0.25, -0.2) is 0 Å². The van der Waals surface area contributed by atoms with Gasteiger partial charge in [0, 0.05) is 13.1 Å². The van der Waals surface area contributed by atoms with E-state index in [0.29, 0.717) is 5.75 Å². The number of rotatable bonds is 7. The molecule has 3 aromatic rings. The van der Waals surface area contributed by atoms with E-state index in [4.69, 9.17) is 10.5 Å². The van der Waals surface area contributed by atoms with Crippen LogP contribution in [0.3, 0.4) is 0 Å². The molecular formula is C21H19F3N4O3S. The molecule has 0 unspecified atom stereocenters. The second kappa shape index (κ2) is 9.69. The molecule has 11 heteroatoms. The number of carbonyl (C=O) groups excluding carboxylic acids is 2. The van der Waals surface area contributed by atoms with Crippen molar-refractivity contribution in [3.8, 4) is 5.75 Å². The van der Waals surface area contributed by atoms with Crippen LogP contribution in [0.1, 0.15) is 36.9 Å². The van der Waals surface area contributed by atoms with Crippen molar-refractivity contribution < 1.29 is 27.5 Å². The van der Waals surface area contributed by atoms with Crippen LogP contribution < -0.4 is 21.1 Å². The Balaban J connectivity index is 1.62. The van der Waals surface area contributed by atoms with Gasteiger partial charge in [-0.15, -0.1) is 0 Å². The van der Waals surface area contributed by atoms with Crippen molar-refractivity contribution in [1.29, 1.82) is 0 Å². The van der Waals surface area contributed by atoms with Gasteiger partial charge in [-0.05, 0) is 46.9 Å². The summed E-state index contributed by atoms with van der Waals surface area (Å²) in [6.07, 6.45) is -4.48. The summed E-state index contributed by atoms with van der Waals surface area (Å²) < 4.78 is 47.5. The number of benzene rings is 2. The van der Waals surface area contributed by atoms with E-state index in [2.05, 4.69) is 15.0 Å². The van der Waals surface area contributed by atoms with E-state index in [1.54, 1.807) is 24.3 Å². The molecule has 0 saturated heterocycles. The lowest BCUT2D eigenvalue weighted by molar-refractivity contribution is -0.137. The summed E-state index contributed by atoms with van der Waals surface area (Å²) >= 11 is 0.735. The molecule has 0 spiro atoms. The van der Waals surface area contributed by atoms with E-state index < -0.39 is 23.6 Å². The number of nitrogens with two attached hydrogens (primary N) is 1. The number of aromatic nitrogens is 1. The Kier molecular flexibility index (Phi) is 6.98. The number of hydrogen-bond donors (Lipinski definition) is 3. The number of nitrogens with one attached hydrogen (secondary N) is 2. The van der Waals surface area contributed by atoms with E-state index in [1.807, 2.05) is 0 Å². The van der Waals surface area contributed by atoms with Gasteiger partial charge in [-0.2, -0.15) is 17.5 Å². The number of alkyl halides is 3. The topological polar surface area (TPSA) is 106 Å².